The van der Waals surface area contributed by atoms with E-state index in [0.29, 0.717) is 13.0 Å². The van der Waals surface area contributed by atoms with Crippen molar-refractivity contribution < 1.29 is 9.53 Å². The lowest BCUT2D eigenvalue weighted by molar-refractivity contribution is -0.159. The molecule has 0 amide bonds. The van der Waals surface area contributed by atoms with Crippen LogP contribution in [0.25, 0.3) is 10.9 Å². The van der Waals surface area contributed by atoms with Gasteiger partial charge in [-0.05, 0) is 23.8 Å². The largest absolute Gasteiger partial charge is 0.463 e. The average molecular weight is 319 g/mol. The second-order valence-electron chi connectivity index (χ2n) is 6.35. The molecule has 1 saturated heterocycles. The summed E-state index contributed by atoms with van der Waals surface area (Å²) in [4.78, 5) is 22.8. The second kappa shape index (κ2) is 5.18. The number of carbonyl (C=O) groups is 1. The number of rotatable bonds is 1. The van der Waals surface area contributed by atoms with Crippen LogP contribution < -0.4 is 0 Å². The molecule has 2 aromatic heterocycles. The minimum absolute atomic E-state index is 0.0415. The molecule has 2 aliphatic heterocycles. The number of nitrogens with one attached hydrogen (secondary N) is 1. The third-order valence-corrected chi connectivity index (χ3v) is 5.08. The predicted octanol–water partition coefficient (Wildman–Crippen LogP) is 2.44. The summed E-state index contributed by atoms with van der Waals surface area (Å²) in [5, 5.41) is 1.19. The molecule has 2 atom stereocenters. The zero-order chi connectivity index (χ0) is 16.1. The molecular formula is C19H17N3O2. The summed E-state index contributed by atoms with van der Waals surface area (Å²) in [7, 11) is 0. The number of benzene rings is 1. The SMILES string of the molecule is O=C1OCCN2[C@H](c3ccccn3)c3[nH]c4ccccc4c3C[C@H]12. The quantitative estimate of drug-likeness (QED) is 0.700. The fourth-order valence-electron chi connectivity index (χ4n) is 4.04. The van der Waals surface area contributed by atoms with Gasteiger partial charge < -0.3 is 9.72 Å². The molecule has 3 aromatic rings. The number of ether oxygens (including phenoxy) is 1. The van der Waals surface area contributed by atoms with Gasteiger partial charge in [0.25, 0.3) is 0 Å². The zero-order valence-corrected chi connectivity index (χ0v) is 13.1. The van der Waals surface area contributed by atoms with E-state index in [4.69, 9.17) is 4.74 Å². The van der Waals surface area contributed by atoms with Gasteiger partial charge in [0.05, 0.1) is 11.7 Å². The predicted molar refractivity (Wildman–Crippen MR) is 89.5 cm³/mol. The van der Waals surface area contributed by atoms with Gasteiger partial charge >= 0.3 is 5.97 Å². The zero-order valence-electron chi connectivity index (χ0n) is 13.1. The molecular weight excluding hydrogens is 302 g/mol. The van der Waals surface area contributed by atoms with Crippen LogP contribution in [0.4, 0.5) is 0 Å². The molecule has 5 heteroatoms. The minimum atomic E-state index is -0.238. The topological polar surface area (TPSA) is 58.2 Å². The number of morpholine rings is 1. The van der Waals surface area contributed by atoms with E-state index < -0.39 is 0 Å². The third kappa shape index (κ3) is 1.91. The van der Waals surface area contributed by atoms with E-state index >= 15 is 0 Å². The number of hydrogen-bond acceptors (Lipinski definition) is 4. The van der Waals surface area contributed by atoms with E-state index in [2.05, 4.69) is 27.0 Å². The Morgan fingerprint density at radius 2 is 2.04 bits per heavy atom. The van der Waals surface area contributed by atoms with Crippen LogP contribution in [0.5, 0.6) is 0 Å². The van der Waals surface area contributed by atoms with Crippen LogP contribution in [0.1, 0.15) is 23.0 Å². The van der Waals surface area contributed by atoms with Gasteiger partial charge in [-0.25, -0.2) is 0 Å². The van der Waals surface area contributed by atoms with Crippen molar-refractivity contribution in [3.05, 3.63) is 65.6 Å². The minimum Gasteiger partial charge on any atom is -0.463 e. The number of para-hydroxylation sites is 1. The number of carbonyl (C=O) groups excluding carboxylic acids is 1. The van der Waals surface area contributed by atoms with Crippen molar-refractivity contribution in [1.82, 2.24) is 14.9 Å². The summed E-state index contributed by atoms with van der Waals surface area (Å²) in [6.07, 6.45) is 2.49. The van der Waals surface area contributed by atoms with Crippen LogP contribution in [0, 0.1) is 0 Å². The summed E-state index contributed by atoms with van der Waals surface area (Å²) in [5.41, 5.74) is 4.43. The standard InChI is InChI=1S/C19H17N3O2/c23-19-16-11-13-12-5-1-2-6-14(12)21-17(13)18(22(16)9-10-24-19)15-7-3-4-8-20-15/h1-8,16,18,21H,9-11H2/t16-,18-/m1/s1. The number of cyclic esters (lactones) is 1. The number of fused-ring (bicyclic) bond motifs is 4. The number of pyridine rings is 1. The van der Waals surface area contributed by atoms with Gasteiger partial charge in [-0.3, -0.25) is 14.7 Å². The summed E-state index contributed by atoms with van der Waals surface area (Å²) in [6, 6.07) is 13.9. The Balaban J connectivity index is 1.75. The Morgan fingerprint density at radius 3 is 2.92 bits per heavy atom. The highest BCUT2D eigenvalue weighted by Crippen LogP contribution is 2.41. The van der Waals surface area contributed by atoms with Gasteiger partial charge in [0.2, 0.25) is 0 Å². The molecule has 0 bridgehead atoms. The third-order valence-electron chi connectivity index (χ3n) is 5.08. The lowest BCUT2D eigenvalue weighted by atomic mass is 9.89. The molecule has 1 aromatic carbocycles. The maximum atomic E-state index is 12.4. The number of aromatic amines is 1. The van der Waals surface area contributed by atoms with Gasteiger partial charge in [0.15, 0.2) is 0 Å². The first-order valence-corrected chi connectivity index (χ1v) is 8.26. The van der Waals surface area contributed by atoms with Crippen molar-refractivity contribution in [2.24, 2.45) is 0 Å². The van der Waals surface area contributed by atoms with E-state index in [0.717, 1.165) is 23.4 Å². The van der Waals surface area contributed by atoms with Crippen molar-refractivity contribution in [1.29, 1.82) is 0 Å². The number of esters is 1. The number of nitrogens with zero attached hydrogens (tertiary/aromatic N) is 2. The summed E-state index contributed by atoms with van der Waals surface area (Å²) in [6.45, 7) is 1.17. The highest BCUT2D eigenvalue weighted by Gasteiger charge is 2.43. The Labute approximate surface area is 139 Å². The number of hydrogen-bond donors (Lipinski definition) is 1. The van der Waals surface area contributed by atoms with Crippen molar-refractivity contribution in [3.63, 3.8) is 0 Å². The Morgan fingerprint density at radius 1 is 1.17 bits per heavy atom. The highest BCUT2D eigenvalue weighted by molar-refractivity contribution is 5.87. The molecule has 0 aliphatic carbocycles. The first-order chi connectivity index (χ1) is 11.8. The van der Waals surface area contributed by atoms with Crippen molar-refractivity contribution in [3.8, 4) is 0 Å². The van der Waals surface area contributed by atoms with E-state index in [1.807, 2.05) is 36.5 Å². The molecule has 0 radical (unpaired) electrons. The Bertz CT molecular complexity index is 919. The lowest BCUT2D eigenvalue weighted by Crippen LogP contribution is -2.54. The van der Waals surface area contributed by atoms with Gasteiger partial charge in [0, 0.05) is 35.8 Å². The fraction of sp³-hybridized carbons (Fsp3) is 0.263. The van der Waals surface area contributed by atoms with Crippen LogP contribution in [-0.2, 0) is 16.0 Å². The molecule has 5 rings (SSSR count). The first-order valence-electron chi connectivity index (χ1n) is 8.26. The second-order valence-corrected chi connectivity index (χ2v) is 6.35. The molecule has 2 aliphatic rings. The van der Waals surface area contributed by atoms with Crippen LogP contribution in [0.3, 0.4) is 0 Å². The maximum absolute atomic E-state index is 12.4. The lowest BCUT2D eigenvalue weighted by Gasteiger charge is -2.42. The van der Waals surface area contributed by atoms with E-state index in [-0.39, 0.29) is 18.1 Å². The van der Waals surface area contributed by atoms with Crippen LogP contribution in [0.2, 0.25) is 0 Å². The molecule has 5 nitrogen and oxygen atoms in total. The molecule has 24 heavy (non-hydrogen) atoms. The normalized spacial score (nSPS) is 23.6. The van der Waals surface area contributed by atoms with Gasteiger partial charge in [-0.15, -0.1) is 0 Å². The summed E-state index contributed by atoms with van der Waals surface area (Å²) in [5.74, 6) is -0.127. The van der Waals surface area contributed by atoms with Crippen LogP contribution in [-0.4, -0.2) is 40.0 Å². The number of H-pyrrole nitrogens is 1. The van der Waals surface area contributed by atoms with Crippen molar-refractivity contribution in [2.75, 3.05) is 13.2 Å². The molecule has 120 valence electrons. The van der Waals surface area contributed by atoms with Crippen molar-refractivity contribution >= 4 is 16.9 Å². The van der Waals surface area contributed by atoms with E-state index in [1.54, 1.807) is 0 Å². The van der Waals surface area contributed by atoms with Gasteiger partial charge in [0.1, 0.15) is 12.6 Å². The Hall–Kier alpha value is -2.66. The van der Waals surface area contributed by atoms with Crippen LogP contribution >= 0.6 is 0 Å². The van der Waals surface area contributed by atoms with Crippen molar-refractivity contribution in [2.45, 2.75) is 18.5 Å². The van der Waals surface area contributed by atoms with Gasteiger partial charge in [-0.2, -0.15) is 0 Å². The van der Waals surface area contributed by atoms with E-state index in [9.17, 15) is 4.79 Å². The molecule has 4 heterocycles. The first kappa shape index (κ1) is 13.7. The number of aromatic nitrogens is 2. The molecule has 0 unspecified atom stereocenters. The molecule has 1 fully saturated rings. The average Bonchev–Trinajstić information content (AvgIpc) is 2.99. The van der Waals surface area contributed by atoms with Crippen LogP contribution in [0.15, 0.2) is 48.7 Å². The summed E-state index contributed by atoms with van der Waals surface area (Å²) >= 11 is 0. The Kier molecular flexibility index (Phi) is 2.97. The maximum Gasteiger partial charge on any atom is 0.323 e. The fourth-order valence-corrected chi connectivity index (χ4v) is 4.04. The smallest absolute Gasteiger partial charge is 0.323 e. The van der Waals surface area contributed by atoms with Gasteiger partial charge in [-0.1, -0.05) is 24.3 Å². The molecule has 0 spiro atoms. The highest BCUT2D eigenvalue weighted by atomic mass is 16.5. The molecule has 0 saturated carbocycles. The van der Waals surface area contributed by atoms with E-state index in [1.165, 1.54) is 10.9 Å². The monoisotopic (exact) mass is 319 g/mol. The summed E-state index contributed by atoms with van der Waals surface area (Å²) < 4.78 is 5.32. The molecule has 1 N–H and O–H groups in total.